The van der Waals surface area contributed by atoms with Gasteiger partial charge in [-0.3, -0.25) is 29.0 Å². The van der Waals surface area contributed by atoms with Crippen molar-refractivity contribution in [3.63, 3.8) is 0 Å². The first-order valence-electron chi connectivity index (χ1n) is 9.76. The van der Waals surface area contributed by atoms with E-state index in [1.807, 2.05) is 12.2 Å². The zero-order chi connectivity index (χ0) is 21.4. The molecule has 3 atom stereocenters. The molecule has 3 aliphatic rings. The number of fused-ring (bicyclic) bond motifs is 2. The van der Waals surface area contributed by atoms with Crippen LogP contribution in [0.25, 0.3) is 0 Å². The zero-order valence-electron chi connectivity index (χ0n) is 16.4. The van der Waals surface area contributed by atoms with E-state index in [4.69, 9.17) is 4.74 Å². The SMILES string of the molecule is C[C@@H](C(=O)OCC(=O)N1CC(=O)Nc2ccccc21)N1C(=O)[C@H]2CC=CC[C@H]2C1=O. The summed E-state index contributed by atoms with van der Waals surface area (Å²) in [4.78, 5) is 64.3. The normalized spacial score (nSPS) is 23.6. The van der Waals surface area contributed by atoms with Gasteiger partial charge < -0.3 is 10.1 Å². The smallest absolute Gasteiger partial charge is 0.329 e. The highest BCUT2D eigenvalue weighted by Gasteiger charge is 2.50. The fourth-order valence-corrected chi connectivity index (χ4v) is 4.10. The summed E-state index contributed by atoms with van der Waals surface area (Å²) in [5.41, 5.74) is 0.999. The molecule has 1 N–H and O–H groups in total. The van der Waals surface area contributed by atoms with E-state index in [-0.39, 0.29) is 24.3 Å². The topological polar surface area (TPSA) is 113 Å². The average molecular weight is 411 g/mol. The summed E-state index contributed by atoms with van der Waals surface area (Å²) < 4.78 is 5.11. The molecule has 1 aliphatic carbocycles. The van der Waals surface area contributed by atoms with Crippen molar-refractivity contribution in [1.82, 2.24) is 4.90 Å². The summed E-state index contributed by atoms with van der Waals surface area (Å²) in [7, 11) is 0. The van der Waals surface area contributed by atoms with Crippen LogP contribution in [0.1, 0.15) is 19.8 Å². The Bertz CT molecular complexity index is 945. The zero-order valence-corrected chi connectivity index (χ0v) is 16.4. The lowest BCUT2D eigenvalue weighted by Crippen LogP contribution is -2.47. The molecule has 1 fully saturated rings. The fraction of sp³-hybridized carbons (Fsp3) is 0.381. The number of hydrogen-bond donors (Lipinski definition) is 1. The number of nitrogens with zero attached hydrogens (tertiary/aromatic N) is 2. The Kier molecular flexibility index (Phi) is 5.11. The maximum atomic E-state index is 12.6. The lowest BCUT2D eigenvalue weighted by atomic mass is 9.85. The second kappa shape index (κ2) is 7.74. The van der Waals surface area contributed by atoms with Crippen molar-refractivity contribution in [1.29, 1.82) is 0 Å². The van der Waals surface area contributed by atoms with E-state index in [0.717, 1.165) is 4.90 Å². The molecule has 9 nitrogen and oxygen atoms in total. The third kappa shape index (κ3) is 3.36. The molecular formula is C21H21N3O6. The van der Waals surface area contributed by atoms with Gasteiger partial charge in [-0.05, 0) is 31.9 Å². The molecule has 0 spiro atoms. The van der Waals surface area contributed by atoms with E-state index in [2.05, 4.69) is 5.32 Å². The highest BCUT2D eigenvalue weighted by Crippen LogP contribution is 2.36. The summed E-state index contributed by atoms with van der Waals surface area (Å²) >= 11 is 0. The molecule has 2 heterocycles. The monoisotopic (exact) mass is 411 g/mol. The van der Waals surface area contributed by atoms with Crippen LogP contribution in [0.3, 0.4) is 0 Å². The number of likely N-dealkylation sites (tertiary alicyclic amines) is 1. The molecule has 4 rings (SSSR count). The number of allylic oxidation sites excluding steroid dienone is 2. The van der Waals surface area contributed by atoms with Crippen LogP contribution in [0.2, 0.25) is 0 Å². The van der Waals surface area contributed by atoms with E-state index in [9.17, 15) is 24.0 Å². The van der Waals surface area contributed by atoms with Gasteiger partial charge in [-0.1, -0.05) is 24.3 Å². The van der Waals surface area contributed by atoms with Crippen LogP contribution in [0, 0.1) is 11.8 Å². The van der Waals surface area contributed by atoms with E-state index < -0.39 is 36.4 Å². The number of ether oxygens (including phenoxy) is 1. The van der Waals surface area contributed by atoms with E-state index in [1.165, 1.54) is 11.8 Å². The van der Waals surface area contributed by atoms with E-state index in [1.54, 1.807) is 24.3 Å². The van der Waals surface area contributed by atoms with Crippen molar-refractivity contribution in [2.45, 2.75) is 25.8 Å². The second-order valence-electron chi connectivity index (χ2n) is 7.53. The molecule has 1 aromatic rings. The summed E-state index contributed by atoms with van der Waals surface area (Å²) in [6.07, 6.45) is 4.68. The number of hydrogen-bond acceptors (Lipinski definition) is 6. The fourth-order valence-electron chi connectivity index (χ4n) is 4.10. The number of carbonyl (C=O) groups excluding carboxylic acids is 5. The van der Waals surface area contributed by atoms with Crippen molar-refractivity contribution in [3.05, 3.63) is 36.4 Å². The number of amides is 4. The van der Waals surface area contributed by atoms with Gasteiger partial charge in [0, 0.05) is 0 Å². The van der Waals surface area contributed by atoms with Gasteiger partial charge in [0.1, 0.15) is 12.6 Å². The minimum Gasteiger partial charge on any atom is -0.454 e. The lowest BCUT2D eigenvalue weighted by Gasteiger charge is -2.29. The number of nitrogens with one attached hydrogen (secondary N) is 1. The predicted octanol–water partition coefficient (Wildman–Crippen LogP) is 0.855. The molecule has 30 heavy (non-hydrogen) atoms. The van der Waals surface area contributed by atoms with Crippen LogP contribution in [-0.4, -0.2) is 53.7 Å². The number of rotatable bonds is 4. The van der Waals surface area contributed by atoms with Crippen LogP contribution in [0.4, 0.5) is 11.4 Å². The Morgan fingerprint density at radius 3 is 2.40 bits per heavy atom. The molecule has 0 unspecified atom stereocenters. The first kappa shape index (κ1) is 19.8. The van der Waals surface area contributed by atoms with Crippen LogP contribution in [-0.2, 0) is 28.7 Å². The number of benzene rings is 1. The quantitative estimate of drug-likeness (QED) is 0.447. The predicted molar refractivity (Wildman–Crippen MR) is 105 cm³/mol. The van der Waals surface area contributed by atoms with Crippen molar-refractivity contribution in [3.8, 4) is 0 Å². The molecular weight excluding hydrogens is 390 g/mol. The Morgan fingerprint density at radius 1 is 1.10 bits per heavy atom. The Labute approximate surface area is 172 Å². The Morgan fingerprint density at radius 2 is 1.73 bits per heavy atom. The molecule has 1 saturated heterocycles. The Hall–Kier alpha value is -3.49. The van der Waals surface area contributed by atoms with Crippen LogP contribution in [0.15, 0.2) is 36.4 Å². The Balaban J connectivity index is 1.40. The van der Waals surface area contributed by atoms with Gasteiger partial charge in [0.05, 0.1) is 23.2 Å². The van der Waals surface area contributed by atoms with Gasteiger partial charge in [-0.2, -0.15) is 0 Å². The molecule has 0 saturated carbocycles. The molecule has 0 bridgehead atoms. The molecule has 4 amide bonds. The molecule has 1 aromatic carbocycles. The third-order valence-corrected chi connectivity index (χ3v) is 5.68. The van der Waals surface area contributed by atoms with E-state index in [0.29, 0.717) is 24.2 Å². The van der Waals surface area contributed by atoms with Gasteiger partial charge in [0.15, 0.2) is 6.61 Å². The van der Waals surface area contributed by atoms with Gasteiger partial charge in [0.2, 0.25) is 17.7 Å². The number of anilines is 2. The van der Waals surface area contributed by atoms with Crippen LogP contribution >= 0.6 is 0 Å². The van der Waals surface area contributed by atoms with Crippen molar-refractivity contribution < 1.29 is 28.7 Å². The van der Waals surface area contributed by atoms with Crippen molar-refractivity contribution in [2.24, 2.45) is 11.8 Å². The van der Waals surface area contributed by atoms with Gasteiger partial charge in [0.25, 0.3) is 5.91 Å². The van der Waals surface area contributed by atoms with Crippen molar-refractivity contribution in [2.75, 3.05) is 23.4 Å². The lowest BCUT2D eigenvalue weighted by molar-refractivity contribution is -0.159. The minimum atomic E-state index is -1.12. The molecule has 156 valence electrons. The number of imide groups is 1. The van der Waals surface area contributed by atoms with Crippen LogP contribution in [0.5, 0.6) is 0 Å². The van der Waals surface area contributed by atoms with Gasteiger partial charge in [-0.25, -0.2) is 4.79 Å². The second-order valence-corrected chi connectivity index (χ2v) is 7.53. The summed E-state index contributed by atoms with van der Waals surface area (Å²) in [6.45, 7) is 0.620. The largest absolute Gasteiger partial charge is 0.454 e. The van der Waals surface area contributed by atoms with Gasteiger partial charge in [-0.15, -0.1) is 0 Å². The molecule has 0 aromatic heterocycles. The molecule has 9 heteroatoms. The molecule has 2 aliphatic heterocycles. The maximum Gasteiger partial charge on any atom is 0.329 e. The highest BCUT2D eigenvalue weighted by molar-refractivity contribution is 6.11. The van der Waals surface area contributed by atoms with E-state index >= 15 is 0 Å². The average Bonchev–Trinajstić information content (AvgIpc) is 3.01. The van der Waals surface area contributed by atoms with Crippen LogP contribution < -0.4 is 10.2 Å². The standard InChI is InChI=1S/C21H21N3O6/c1-12(24-19(27)13-6-2-3-7-14(13)20(24)28)21(29)30-11-18(26)23-10-17(25)22-15-8-4-5-9-16(15)23/h2-5,8-9,12-14H,6-7,10-11H2,1H3,(H,22,25)/t12-,13-,14+/m0/s1. The first-order valence-corrected chi connectivity index (χ1v) is 9.76. The third-order valence-electron chi connectivity index (χ3n) is 5.68. The molecule has 0 radical (unpaired) electrons. The van der Waals surface area contributed by atoms with Crippen molar-refractivity contribution >= 4 is 41.0 Å². The number of esters is 1. The highest BCUT2D eigenvalue weighted by atomic mass is 16.5. The van der Waals surface area contributed by atoms with Gasteiger partial charge >= 0.3 is 5.97 Å². The summed E-state index contributed by atoms with van der Waals surface area (Å²) in [6, 6.07) is 5.67. The summed E-state index contributed by atoms with van der Waals surface area (Å²) in [5, 5.41) is 2.67. The minimum absolute atomic E-state index is 0.192. The first-order chi connectivity index (χ1) is 14.4. The maximum absolute atomic E-state index is 12.6. The summed E-state index contributed by atoms with van der Waals surface area (Å²) in [5.74, 6) is -3.42. The number of para-hydroxylation sites is 2. The number of carbonyl (C=O) groups is 5.